The molecule has 1 aliphatic heterocycles. The van der Waals surface area contributed by atoms with Crippen molar-refractivity contribution in [2.24, 2.45) is 28.6 Å². The van der Waals surface area contributed by atoms with Gasteiger partial charge in [-0.3, -0.25) is 0 Å². The van der Waals surface area contributed by atoms with Gasteiger partial charge in [0, 0.05) is 11.8 Å². The number of allylic oxidation sites excluding steroid dienone is 2. The number of hydrogen-bond acceptors (Lipinski definition) is 2. The molecule has 5 aliphatic rings. The normalized spacial score (nSPS) is 51.0. The second kappa shape index (κ2) is 4.85. The van der Waals surface area contributed by atoms with E-state index in [1.54, 1.807) is 0 Å². The van der Waals surface area contributed by atoms with E-state index in [9.17, 15) is 0 Å². The van der Waals surface area contributed by atoms with Gasteiger partial charge in [-0.05, 0) is 68.1 Å². The molecule has 1 saturated heterocycles. The zero-order valence-corrected chi connectivity index (χ0v) is 14.9. The molecule has 5 atom stereocenters. The maximum Gasteiger partial charge on any atom is 0.174 e. The van der Waals surface area contributed by atoms with Gasteiger partial charge >= 0.3 is 0 Å². The molecule has 0 unspecified atom stereocenters. The first kappa shape index (κ1) is 15.0. The molecule has 0 N–H and O–H groups in total. The van der Waals surface area contributed by atoms with Gasteiger partial charge in [-0.25, -0.2) is 0 Å². The van der Waals surface area contributed by atoms with Crippen molar-refractivity contribution < 1.29 is 9.47 Å². The summed E-state index contributed by atoms with van der Waals surface area (Å²) >= 11 is 0. The second-order valence-corrected chi connectivity index (χ2v) is 9.41. The molecule has 23 heavy (non-hydrogen) atoms. The monoisotopic (exact) mass is 316 g/mol. The van der Waals surface area contributed by atoms with Gasteiger partial charge in [0.25, 0.3) is 0 Å². The minimum Gasteiger partial charge on any atom is -0.347 e. The van der Waals surface area contributed by atoms with E-state index in [1.165, 1.54) is 51.4 Å². The lowest BCUT2D eigenvalue weighted by atomic mass is 9.48. The molecule has 4 fully saturated rings. The first-order valence-electron chi connectivity index (χ1n) is 10.1. The SMILES string of the molecule is C[C@]12CC[C@@H]3[C@H](CC=C4CCCC[C@]43C)[C@H]1CCC21OCCO1. The predicted molar refractivity (Wildman–Crippen MR) is 91.0 cm³/mol. The molecule has 0 aromatic carbocycles. The molecule has 0 bridgehead atoms. The van der Waals surface area contributed by atoms with Crippen LogP contribution >= 0.6 is 0 Å². The van der Waals surface area contributed by atoms with E-state index < -0.39 is 0 Å². The van der Waals surface area contributed by atoms with Crippen LogP contribution in [0, 0.1) is 28.6 Å². The Hall–Kier alpha value is -0.340. The van der Waals surface area contributed by atoms with Crippen molar-refractivity contribution in [1.82, 2.24) is 0 Å². The van der Waals surface area contributed by atoms with Gasteiger partial charge < -0.3 is 9.47 Å². The minimum atomic E-state index is -0.236. The van der Waals surface area contributed by atoms with E-state index in [0.717, 1.165) is 37.4 Å². The summed E-state index contributed by atoms with van der Waals surface area (Å²) < 4.78 is 12.5. The van der Waals surface area contributed by atoms with Crippen molar-refractivity contribution in [3.05, 3.63) is 11.6 Å². The van der Waals surface area contributed by atoms with Crippen LogP contribution in [0.15, 0.2) is 11.6 Å². The van der Waals surface area contributed by atoms with Gasteiger partial charge in [0.15, 0.2) is 5.79 Å². The van der Waals surface area contributed by atoms with Crippen LogP contribution in [0.1, 0.15) is 71.6 Å². The van der Waals surface area contributed by atoms with Gasteiger partial charge in [0.2, 0.25) is 0 Å². The van der Waals surface area contributed by atoms with Crippen LogP contribution in [-0.4, -0.2) is 19.0 Å². The highest BCUT2D eigenvalue weighted by Gasteiger charge is 2.66. The largest absolute Gasteiger partial charge is 0.347 e. The Kier molecular flexibility index (Phi) is 3.15. The standard InChI is InChI=1S/C21H32O2/c1-19-10-4-3-5-15(19)6-7-16-17(19)8-11-20(2)18(16)9-12-21(20)22-13-14-23-21/h6,16-18H,3-5,7-14H2,1-2H3/t16-,17+,18+,19+,20-/m0/s1. The Bertz CT molecular complexity index is 532. The van der Waals surface area contributed by atoms with Gasteiger partial charge in [-0.2, -0.15) is 0 Å². The summed E-state index contributed by atoms with van der Waals surface area (Å²) in [4.78, 5) is 0. The highest BCUT2D eigenvalue weighted by Crippen LogP contribution is 2.68. The van der Waals surface area contributed by atoms with Crippen LogP contribution in [0.2, 0.25) is 0 Å². The van der Waals surface area contributed by atoms with E-state index in [4.69, 9.17) is 9.47 Å². The van der Waals surface area contributed by atoms with Crippen molar-refractivity contribution in [2.45, 2.75) is 77.4 Å². The molecule has 0 aromatic rings. The topological polar surface area (TPSA) is 18.5 Å². The molecular formula is C21H32O2. The third-order valence-corrected chi connectivity index (χ3v) is 8.82. The van der Waals surface area contributed by atoms with E-state index >= 15 is 0 Å². The lowest BCUT2D eigenvalue weighted by molar-refractivity contribution is -0.242. The van der Waals surface area contributed by atoms with Gasteiger partial charge in [0.1, 0.15) is 0 Å². The summed E-state index contributed by atoms with van der Waals surface area (Å²) in [5, 5.41) is 0. The summed E-state index contributed by atoms with van der Waals surface area (Å²) in [5.74, 6) is 2.35. The number of rotatable bonds is 0. The lowest BCUT2D eigenvalue weighted by Crippen LogP contribution is -2.54. The summed E-state index contributed by atoms with van der Waals surface area (Å²) in [6.45, 7) is 6.70. The third kappa shape index (κ3) is 1.78. The molecule has 2 heteroatoms. The van der Waals surface area contributed by atoms with Crippen molar-refractivity contribution >= 4 is 0 Å². The summed E-state index contributed by atoms with van der Waals surface area (Å²) in [5.41, 5.74) is 2.58. The number of fused-ring (bicyclic) bond motifs is 6. The Morgan fingerprint density at radius 1 is 0.957 bits per heavy atom. The van der Waals surface area contributed by atoms with Crippen LogP contribution < -0.4 is 0 Å². The fourth-order valence-corrected chi connectivity index (χ4v) is 7.58. The average Bonchev–Trinajstić information content (AvgIpc) is 3.14. The van der Waals surface area contributed by atoms with Crippen molar-refractivity contribution in [3.63, 3.8) is 0 Å². The van der Waals surface area contributed by atoms with Crippen LogP contribution in [0.4, 0.5) is 0 Å². The zero-order chi connectivity index (χ0) is 15.7. The fraction of sp³-hybridized carbons (Fsp3) is 0.905. The lowest BCUT2D eigenvalue weighted by Gasteiger charge is -2.58. The third-order valence-electron chi connectivity index (χ3n) is 8.82. The molecule has 1 spiro atoms. The summed E-state index contributed by atoms with van der Waals surface area (Å²) in [7, 11) is 0. The molecule has 4 aliphatic carbocycles. The highest BCUT2D eigenvalue weighted by atomic mass is 16.7. The van der Waals surface area contributed by atoms with Crippen molar-refractivity contribution in [1.29, 1.82) is 0 Å². The molecule has 5 rings (SSSR count). The smallest absolute Gasteiger partial charge is 0.174 e. The summed E-state index contributed by atoms with van der Waals surface area (Å²) in [6, 6.07) is 0. The Morgan fingerprint density at radius 2 is 1.74 bits per heavy atom. The summed E-state index contributed by atoms with van der Waals surface area (Å²) in [6.07, 6.45) is 14.8. The van der Waals surface area contributed by atoms with Crippen molar-refractivity contribution in [2.75, 3.05) is 13.2 Å². The second-order valence-electron chi connectivity index (χ2n) is 9.41. The van der Waals surface area contributed by atoms with E-state index in [2.05, 4.69) is 19.9 Å². The van der Waals surface area contributed by atoms with E-state index in [1.807, 2.05) is 5.57 Å². The molecular weight excluding hydrogens is 284 g/mol. The van der Waals surface area contributed by atoms with Gasteiger partial charge in [-0.15, -0.1) is 0 Å². The number of ether oxygens (including phenoxy) is 2. The Balaban J connectivity index is 1.51. The van der Waals surface area contributed by atoms with Crippen LogP contribution in [0.5, 0.6) is 0 Å². The zero-order valence-electron chi connectivity index (χ0n) is 14.9. The van der Waals surface area contributed by atoms with Crippen LogP contribution in [-0.2, 0) is 9.47 Å². The van der Waals surface area contributed by atoms with Crippen LogP contribution in [0.3, 0.4) is 0 Å². The molecule has 2 nitrogen and oxygen atoms in total. The average molecular weight is 316 g/mol. The molecule has 3 saturated carbocycles. The maximum atomic E-state index is 6.25. The minimum absolute atomic E-state index is 0.236. The molecule has 0 radical (unpaired) electrons. The molecule has 128 valence electrons. The quantitative estimate of drug-likeness (QED) is 0.580. The predicted octanol–water partition coefficient (Wildman–Crippen LogP) is 5.08. The van der Waals surface area contributed by atoms with E-state index in [-0.39, 0.29) is 11.2 Å². The van der Waals surface area contributed by atoms with Gasteiger partial charge in [0.05, 0.1) is 13.2 Å². The number of hydrogen-bond donors (Lipinski definition) is 0. The maximum absolute atomic E-state index is 6.25. The molecule has 0 aromatic heterocycles. The van der Waals surface area contributed by atoms with Crippen molar-refractivity contribution in [3.8, 4) is 0 Å². The fourth-order valence-electron chi connectivity index (χ4n) is 7.58. The molecule has 0 amide bonds. The first-order valence-corrected chi connectivity index (χ1v) is 10.1. The van der Waals surface area contributed by atoms with Crippen LogP contribution in [0.25, 0.3) is 0 Å². The molecule has 1 heterocycles. The Labute approximate surface area is 141 Å². The van der Waals surface area contributed by atoms with E-state index in [0.29, 0.717) is 5.41 Å². The van der Waals surface area contributed by atoms with Gasteiger partial charge in [-0.1, -0.05) is 31.9 Å². The Morgan fingerprint density at radius 3 is 2.57 bits per heavy atom. The highest BCUT2D eigenvalue weighted by molar-refractivity contribution is 5.25. The first-order chi connectivity index (χ1) is 11.1.